The Morgan fingerprint density at radius 1 is 1.17 bits per heavy atom. The Hall–Kier alpha value is -2.88. The molecule has 0 saturated heterocycles. The maximum atomic E-state index is 12.7. The maximum Gasteiger partial charge on any atom is 0.410 e. The molecule has 0 unspecified atom stereocenters. The average Bonchev–Trinajstić information content (AvgIpc) is 2.80. The molecule has 0 atom stereocenters. The number of nitrogens with zero attached hydrogens (tertiary/aromatic N) is 2. The molecule has 35 heavy (non-hydrogen) atoms. The van der Waals surface area contributed by atoms with Gasteiger partial charge in [0.05, 0.1) is 11.3 Å². The summed E-state index contributed by atoms with van der Waals surface area (Å²) in [5.74, 6) is -0.568. The van der Waals surface area contributed by atoms with E-state index in [1.807, 2.05) is 32.9 Å². The van der Waals surface area contributed by atoms with Crippen LogP contribution < -0.4 is 4.90 Å². The van der Waals surface area contributed by atoms with Crippen molar-refractivity contribution in [2.24, 2.45) is 0 Å². The van der Waals surface area contributed by atoms with Crippen molar-refractivity contribution in [1.29, 1.82) is 0 Å². The van der Waals surface area contributed by atoms with Crippen LogP contribution in [0, 0.1) is 3.57 Å². The summed E-state index contributed by atoms with van der Waals surface area (Å²) in [6.45, 7) is 9.90. The summed E-state index contributed by atoms with van der Waals surface area (Å²) in [6, 6.07) is 12.7. The van der Waals surface area contributed by atoms with E-state index in [1.165, 1.54) is 4.90 Å². The van der Waals surface area contributed by atoms with Crippen molar-refractivity contribution in [3.8, 4) is 0 Å². The zero-order chi connectivity index (χ0) is 25.6. The van der Waals surface area contributed by atoms with Crippen LogP contribution in [0.25, 0.3) is 0 Å². The summed E-state index contributed by atoms with van der Waals surface area (Å²) in [5, 5.41) is 0. The van der Waals surface area contributed by atoms with Gasteiger partial charge in [-0.15, -0.1) is 6.58 Å². The number of rotatable bonds is 8. The molecule has 0 spiro atoms. The second-order valence-electron chi connectivity index (χ2n) is 9.29. The van der Waals surface area contributed by atoms with Crippen molar-refractivity contribution in [3.05, 3.63) is 75.4 Å². The van der Waals surface area contributed by atoms with Crippen LogP contribution in [0.15, 0.2) is 55.1 Å². The molecule has 7 nitrogen and oxygen atoms in total. The van der Waals surface area contributed by atoms with E-state index in [4.69, 9.17) is 9.47 Å². The number of ether oxygens (including phenoxy) is 2. The molecule has 2 aromatic rings. The normalized spacial score (nSPS) is 13.1. The van der Waals surface area contributed by atoms with Gasteiger partial charge in [0.25, 0.3) is 0 Å². The van der Waals surface area contributed by atoms with E-state index in [-0.39, 0.29) is 12.6 Å². The number of hydrogen-bond donors (Lipinski definition) is 0. The number of anilines is 1. The van der Waals surface area contributed by atoms with Crippen LogP contribution in [-0.4, -0.2) is 48.3 Å². The monoisotopic (exact) mass is 590 g/mol. The van der Waals surface area contributed by atoms with Gasteiger partial charge < -0.3 is 14.4 Å². The van der Waals surface area contributed by atoms with Gasteiger partial charge in [-0.1, -0.05) is 24.3 Å². The van der Waals surface area contributed by atoms with Crippen LogP contribution in [0.2, 0.25) is 0 Å². The molecule has 0 N–H and O–H groups in total. The van der Waals surface area contributed by atoms with Crippen molar-refractivity contribution in [2.75, 3.05) is 24.7 Å². The molecule has 186 valence electrons. The van der Waals surface area contributed by atoms with Gasteiger partial charge in [-0.25, -0.2) is 9.59 Å². The van der Waals surface area contributed by atoms with E-state index in [0.717, 1.165) is 20.4 Å². The van der Waals surface area contributed by atoms with Crippen molar-refractivity contribution < 1.29 is 23.9 Å². The molecule has 2 amide bonds. The van der Waals surface area contributed by atoms with Gasteiger partial charge in [0.15, 0.2) is 6.73 Å². The summed E-state index contributed by atoms with van der Waals surface area (Å²) >= 11 is 2.28. The fourth-order valence-corrected chi connectivity index (χ4v) is 4.52. The molecular weight excluding hydrogens is 559 g/mol. The van der Waals surface area contributed by atoms with Crippen LogP contribution >= 0.6 is 22.6 Å². The van der Waals surface area contributed by atoms with Gasteiger partial charge in [0.1, 0.15) is 5.60 Å². The molecule has 1 aliphatic heterocycles. The SMILES string of the molecule is C=CCN(CCc1cc2c(cc1I)CCC(=O)N2COC(=O)c1ccccc1)C(=O)OC(C)(C)C. The third kappa shape index (κ3) is 7.30. The number of carbonyl (C=O) groups excluding carboxylic acids is 3. The molecule has 1 heterocycles. The molecule has 3 rings (SSSR count). The van der Waals surface area contributed by atoms with Crippen molar-refractivity contribution >= 4 is 46.2 Å². The minimum atomic E-state index is -0.588. The standard InChI is InChI=1S/C27H31IN2O5/c1-5-14-29(26(33)35-27(2,3)4)15-13-20-17-23-21(16-22(20)28)11-12-24(31)30(23)18-34-25(32)19-9-7-6-8-10-19/h5-10,16-17H,1,11-15,18H2,2-4H3. The molecule has 0 radical (unpaired) electrons. The predicted molar refractivity (Wildman–Crippen MR) is 143 cm³/mol. The number of carbonyl (C=O) groups is 3. The fraction of sp³-hybridized carbons (Fsp3) is 0.370. The molecule has 0 saturated carbocycles. The Balaban J connectivity index is 1.76. The second-order valence-corrected chi connectivity index (χ2v) is 10.4. The van der Waals surface area contributed by atoms with E-state index in [9.17, 15) is 14.4 Å². The molecule has 0 fully saturated rings. The number of fused-ring (bicyclic) bond motifs is 1. The third-order valence-electron chi connectivity index (χ3n) is 5.43. The number of esters is 1. The molecule has 0 aromatic heterocycles. The summed E-state index contributed by atoms with van der Waals surface area (Å²) < 4.78 is 12.0. The highest BCUT2D eigenvalue weighted by molar-refractivity contribution is 14.1. The van der Waals surface area contributed by atoms with Crippen LogP contribution in [0.1, 0.15) is 48.7 Å². The topological polar surface area (TPSA) is 76.2 Å². The van der Waals surface area contributed by atoms with Gasteiger partial charge in [-0.2, -0.15) is 0 Å². The van der Waals surface area contributed by atoms with Crippen molar-refractivity contribution in [2.45, 2.75) is 45.6 Å². The van der Waals surface area contributed by atoms with Crippen molar-refractivity contribution in [3.63, 3.8) is 0 Å². The van der Waals surface area contributed by atoms with Gasteiger partial charge in [-0.3, -0.25) is 9.69 Å². The van der Waals surface area contributed by atoms with E-state index >= 15 is 0 Å². The maximum absolute atomic E-state index is 12.7. The lowest BCUT2D eigenvalue weighted by Crippen LogP contribution is -2.39. The van der Waals surface area contributed by atoms with Crippen LogP contribution in [0.4, 0.5) is 10.5 Å². The predicted octanol–water partition coefficient (Wildman–Crippen LogP) is 5.35. The van der Waals surface area contributed by atoms with E-state index in [0.29, 0.717) is 37.9 Å². The molecule has 8 heteroatoms. The van der Waals surface area contributed by atoms with E-state index < -0.39 is 17.7 Å². The van der Waals surface area contributed by atoms with Gasteiger partial charge in [-0.05, 0) is 91.6 Å². The lowest BCUT2D eigenvalue weighted by atomic mass is 9.98. The lowest BCUT2D eigenvalue weighted by Gasteiger charge is -2.30. The first-order valence-electron chi connectivity index (χ1n) is 11.5. The molecular formula is C27H31IN2O5. The highest BCUT2D eigenvalue weighted by atomic mass is 127. The Kier molecular flexibility index (Phi) is 8.93. The van der Waals surface area contributed by atoms with Gasteiger partial charge >= 0.3 is 12.1 Å². The zero-order valence-electron chi connectivity index (χ0n) is 20.4. The third-order valence-corrected chi connectivity index (χ3v) is 6.44. The van der Waals surface area contributed by atoms with Crippen LogP contribution in [-0.2, 0) is 27.1 Å². The summed E-state index contributed by atoms with van der Waals surface area (Å²) in [5.41, 5.74) is 2.61. The van der Waals surface area contributed by atoms with E-state index in [2.05, 4.69) is 35.2 Å². The Bertz CT molecular complexity index is 1090. The lowest BCUT2D eigenvalue weighted by molar-refractivity contribution is -0.119. The first-order chi connectivity index (χ1) is 16.6. The average molecular weight is 590 g/mol. The number of benzene rings is 2. The Morgan fingerprint density at radius 2 is 1.89 bits per heavy atom. The zero-order valence-corrected chi connectivity index (χ0v) is 22.5. The van der Waals surface area contributed by atoms with Gasteiger partial charge in [0.2, 0.25) is 5.91 Å². The number of halogens is 1. The molecule has 1 aliphatic rings. The summed E-state index contributed by atoms with van der Waals surface area (Å²) in [4.78, 5) is 40.9. The fourth-order valence-electron chi connectivity index (χ4n) is 3.72. The quantitative estimate of drug-likeness (QED) is 0.236. The largest absolute Gasteiger partial charge is 0.444 e. The number of amides is 2. The first-order valence-corrected chi connectivity index (χ1v) is 12.6. The summed E-state index contributed by atoms with van der Waals surface area (Å²) in [6.07, 6.45) is 2.84. The molecule has 2 aromatic carbocycles. The minimum Gasteiger partial charge on any atom is -0.444 e. The van der Waals surface area contributed by atoms with Crippen molar-refractivity contribution in [1.82, 2.24) is 4.90 Å². The highest BCUT2D eigenvalue weighted by Crippen LogP contribution is 2.32. The summed E-state index contributed by atoms with van der Waals surface area (Å²) in [7, 11) is 0. The molecule has 0 bridgehead atoms. The van der Waals surface area contributed by atoms with Crippen LogP contribution in [0.3, 0.4) is 0 Å². The highest BCUT2D eigenvalue weighted by Gasteiger charge is 2.27. The van der Waals surface area contributed by atoms with E-state index in [1.54, 1.807) is 35.2 Å². The molecule has 0 aliphatic carbocycles. The Labute approximate surface area is 220 Å². The number of hydrogen-bond acceptors (Lipinski definition) is 5. The smallest absolute Gasteiger partial charge is 0.410 e. The van der Waals surface area contributed by atoms with Gasteiger partial charge in [0, 0.05) is 23.1 Å². The second kappa shape index (κ2) is 11.7. The first kappa shape index (κ1) is 26.7. The minimum absolute atomic E-state index is 0.0902. The van der Waals surface area contributed by atoms with Crippen LogP contribution in [0.5, 0.6) is 0 Å². The Morgan fingerprint density at radius 3 is 2.54 bits per heavy atom. The number of aryl methyl sites for hydroxylation is 1.